The monoisotopic (exact) mass is 375 g/mol. The molecule has 1 aromatic heterocycles. The average molecular weight is 376 g/mol. The standard InChI is InChI=1S/C16H23Cl2N3O3/c1-16(2,3)24-13(22)10-21(9-8-20(4)5)15(23)14-11(17)6-7-12(18)19-14/h6-7H,8-10H2,1-5H3. The fourth-order valence-electron chi connectivity index (χ4n) is 1.82. The third-order valence-corrected chi connectivity index (χ3v) is 3.37. The van der Waals surface area contributed by atoms with Crippen molar-refractivity contribution in [2.24, 2.45) is 0 Å². The highest BCUT2D eigenvalue weighted by molar-refractivity contribution is 6.34. The first-order valence-electron chi connectivity index (χ1n) is 7.47. The maximum absolute atomic E-state index is 12.7. The lowest BCUT2D eigenvalue weighted by Crippen LogP contribution is -2.42. The first kappa shape index (κ1) is 20.7. The SMILES string of the molecule is CN(C)CCN(CC(=O)OC(C)(C)C)C(=O)c1nc(Cl)ccc1Cl. The number of aromatic nitrogens is 1. The number of pyridine rings is 1. The molecule has 0 aliphatic heterocycles. The van der Waals surface area contributed by atoms with Crippen LogP contribution in [0.15, 0.2) is 12.1 Å². The lowest BCUT2D eigenvalue weighted by atomic mass is 10.2. The highest BCUT2D eigenvalue weighted by Crippen LogP contribution is 2.19. The molecule has 0 spiro atoms. The Morgan fingerprint density at radius 3 is 2.33 bits per heavy atom. The van der Waals surface area contributed by atoms with E-state index in [0.717, 1.165) is 0 Å². The molecule has 0 saturated carbocycles. The molecule has 8 heteroatoms. The molecule has 134 valence electrons. The van der Waals surface area contributed by atoms with Crippen molar-refractivity contribution in [3.63, 3.8) is 0 Å². The Bertz CT molecular complexity index is 601. The van der Waals surface area contributed by atoms with E-state index in [1.54, 1.807) is 20.8 Å². The molecule has 1 amide bonds. The second-order valence-corrected chi connectivity index (χ2v) is 7.38. The average Bonchev–Trinajstić information content (AvgIpc) is 2.43. The van der Waals surface area contributed by atoms with E-state index < -0.39 is 17.5 Å². The summed E-state index contributed by atoms with van der Waals surface area (Å²) in [4.78, 5) is 32.1. The Morgan fingerprint density at radius 1 is 1.17 bits per heavy atom. The van der Waals surface area contributed by atoms with Crippen LogP contribution in [0.2, 0.25) is 10.2 Å². The van der Waals surface area contributed by atoms with Gasteiger partial charge in [0.2, 0.25) is 0 Å². The van der Waals surface area contributed by atoms with Gasteiger partial charge in [0.15, 0.2) is 0 Å². The third-order valence-electron chi connectivity index (χ3n) is 2.86. The van der Waals surface area contributed by atoms with Gasteiger partial charge < -0.3 is 14.5 Å². The van der Waals surface area contributed by atoms with Gasteiger partial charge in [0.25, 0.3) is 5.91 Å². The number of hydrogen-bond donors (Lipinski definition) is 0. The van der Waals surface area contributed by atoms with Crippen molar-refractivity contribution in [2.45, 2.75) is 26.4 Å². The number of amides is 1. The molecule has 0 aliphatic rings. The molecular formula is C16H23Cl2N3O3. The molecule has 0 saturated heterocycles. The van der Waals surface area contributed by atoms with Gasteiger partial charge in [-0.15, -0.1) is 0 Å². The topological polar surface area (TPSA) is 62.7 Å². The van der Waals surface area contributed by atoms with Crippen LogP contribution in [0.25, 0.3) is 0 Å². The highest BCUT2D eigenvalue weighted by atomic mass is 35.5. The fourth-order valence-corrected chi connectivity index (χ4v) is 2.15. The van der Waals surface area contributed by atoms with Crippen LogP contribution < -0.4 is 0 Å². The minimum absolute atomic E-state index is 0.0199. The number of rotatable bonds is 6. The molecule has 0 bridgehead atoms. The molecular weight excluding hydrogens is 353 g/mol. The van der Waals surface area contributed by atoms with Gasteiger partial charge in [-0.25, -0.2) is 4.98 Å². The van der Waals surface area contributed by atoms with Crippen LogP contribution >= 0.6 is 23.2 Å². The zero-order valence-electron chi connectivity index (χ0n) is 14.6. The van der Waals surface area contributed by atoms with Crippen molar-refractivity contribution in [3.8, 4) is 0 Å². The van der Waals surface area contributed by atoms with E-state index in [2.05, 4.69) is 4.98 Å². The maximum Gasteiger partial charge on any atom is 0.326 e. The number of hydrogen-bond acceptors (Lipinski definition) is 5. The van der Waals surface area contributed by atoms with E-state index >= 15 is 0 Å². The molecule has 0 aromatic carbocycles. The van der Waals surface area contributed by atoms with Gasteiger partial charge in [0.1, 0.15) is 23.0 Å². The van der Waals surface area contributed by atoms with E-state index in [9.17, 15) is 9.59 Å². The number of halogens is 2. The van der Waals surface area contributed by atoms with Crippen molar-refractivity contribution >= 4 is 35.1 Å². The Balaban J connectivity index is 2.97. The predicted octanol–water partition coefficient (Wildman–Crippen LogP) is 2.73. The van der Waals surface area contributed by atoms with Crippen LogP contribution in [0.4, 0.5) is 0 Å². The predicted molar refractivity (Wildman–Crippen MR) is 94.6 cm³/mol. The first-order chi connectivity index (χ1) is 11.0. The Kier molecular flexibility index (Phi) is 7.45. The summed E-state index contributed by atoms with van der Waals surface area (Å²) in [6.45, 7) is 6.03. The summed E-state index contributed by atoms with van der Waals surface area (Å²) in [5, 5.41) is 0.344. The summed E-state index contributed by atoms with van der Waals surface area (Å²) >= 11 is 11.9. The van der Waals surface area contributed by atoms with E-state index in [0.29, 0.717) is 13.1 Å². The minimum atomic E-state index is -0.626. The molecule has 1 rings (SSSR count). The molecule has 6 nitrogen and oxygen atoms in total. The van der Waals surface area contributed by atoms with Crippen LogP contribution in [0, 0.1) is 0 Å². The van der Waals surface area contributed by atoms with Crippen LogP contribution in [-0.4, -0.2) is 66.0 Å². The number of nitrogens with zero attached hydrogens (tertiary/aromatic N) is 3. The van der Waals surface area contributed by atoms with Gasteiger partial charge in [0.05, 0.1) is 5.02 Å². The van der Waals surface area contributed by atoms with Crippen molar-refractivity contribution < 1.29 is 14.3 Å². The molecule has 1 aromatic rings. The highest BCUT2D eigenvalue weighted by Gasteiger charge is 2.25. The molecule has 0 aliphatic carbocycles. The lowest BCUT2D eigenvalue weighted by Gasteiger charge is -2.26. The second kappa shape index (κ2) is 8.65. The number of esters is 1. The summed E-state index contributed by atoms with van der Waals surface area (Å²) in [6.07, 6.45) is 0. The summed E-state index contributed by atoms with van der Waals surface area (Å²) in [7, 11) is 3.75. The van der Waals surface area contributed by atoms with Crippen LogP contribution in [0.1, 0.15) is 31.3 Å². The molecule has 0 radical (unpaired) electrons. The molecule has 0 N–H and O–H groups in total. The van der Waals surface area contributed by atoms with E-state index in [1.807, 2.05) is 19.0 Å². The van der Waals surface area contributed by atoms with Crippen molar-refractivity contribution in [2.75, 3.05) is 33.7 Å². The van der Waals surface area contributed by atoms with Gasteiger partial charge in [-0.3, -0.25) is 9.59 Å². The molecule has 24 heavy (non-hydrogen) atoms. The smallest absolute Gasteiger partial charge is 0.326 e. The number of likely N-dealkylation sites (N-methyl/N-ethyl adjacent to an activating group) is 1. The number of ether oxygens (including phenoxy) is 1. The van der Waals surface area contributed by atoms with Gasteiger partial charge >= 0.3 is 5.97 Å². The first-order valence-corrected chi connectivity index (χ1v) is 8.23. The van der Waals surface area contributed by atoms with Crippen LogP contribution in [0.3, 0.4) is 0 Å². The van der Waals surface area contributed by atoms with Gasteiger partial charge in [0, 0.05) is 13.1 Å². The second-order valence-electron chi connectivity index (χ2n) is 6.58. The zero-order valence-corrected chi connectivity index (χ0v) is 16.1. The van der Waals surface area contributed by atoms with Crippen molar-refractivity contribution in [3.05, 3.63) is 28.0 Å². The third kappa shape index (κ3) is 7.03. The summed E-state index contributed by atoms with van der Waals surface area (Å²) in [5.74, 6) is -0.956. The van der Waals surface area contributed by atoms with Crippen molar-refractivity contribution in [1.29, 1.82) is 0 Å². The molecule has 0 fully saturated rings. The summed E-state index contributed by atoms with van der Waals surface area (Å²) in [5.41, 5.74) is -0.606. The quantitative estimate of drug-likeness (QED) is 0.564. The Labute approximate surface area is 152 Å². The Morgan fingerprint density at radius 2 is 1.79 bits per heavy atom. The number of carbonyl (C=O) groups excluding carboxylic acids is 2. The number of carbonyl (C=O) groups is 2. The van der Waals surface area contributed by atoms with E-state index in [1.165, 1.54) is 17.0 Å². The van der Waals surface area contributed by atoms with Gasteiger partial charge in [-0.1, -0.05) is 23.2 Å². The van der Waals surface area contributed by atoms with Crippen molar-refractivity contribution in [1.82, 2.24) is 14.8 Å². The summed E-state index contributed by atoms with van der Waals surface area (Å²) < 4.78 is 5.29. The fraction of sp³-hybridized carbons (Fsp3) is 0.562. The van der Waals surface area contributed by atoms with Crippen LogP contribution in [0.5, 0.6) is 0 Å². The molecule has 0 atom stereocenters. The summed E-state index contributed by atoms with van der Waals surface area (Å²) in [6, 6.07) is 3.00. The Hall–Kier alpha value is -1.37. The normalized spacial score (nSPS) is 11.5. The maximum atomic E-state index is 12.7. The molecule has 0 unspecified atom stereocenters. The largest absolute Gasteiger partial charge is 0.459 e. The zero-order chi connectivity index (χ0) is 18.5. The van der Waals surface area contributed by atoms with Crippen LogP contribution in [-0.2, 0) is 9.53 Å². The van der Waals surface area contributed by atoms with E-state index in [4.69, 9.17) is 27.9 Å². The van der Waals surface area contributed by atoms with Gasteiger partial charge in [-0.05, 0) is 47.0 Å². The minimum Gasteiger partial charge on any atom is -0.459 e. The van der Waals surface area contributed by atoms with Gasteiger partial charge in [-0.2, -0.15) is 0 Å². The lowest BCUT2D eigenvalue weighted by molar-refractivity contribution is -0.155. The molecule has 1 heterocycles. The van der Waals surface area contributed by atoms with E-state index in [-0.39, 0.29) is 22.4 Å².